The van der Waals surface area contributed by atoms with Crippen molar-refractivity contribution in [2.45, 2.75) is 19.9 Å². The van der Waals surface area contributed by atoms with Crippen LogP contribution in [0.15, 0.2) is 18.3 Å². The Morgan fingerprint density at radius 2 is 2.24 bits per heavy atom. The fourth-order valence-corrected chi connectivity index (χ4v) is 3.04. The van der Waals surface area contributed by atoms with Crippen LogP contribution in [0.4, 0.5) is 10.3 Å². The molecule has 0 amide bonds. The van der Waals surface area contributed by atoms with Gasteiger partial charge in [0.2, 0.25) is 5.95 Å². The first-order chi connectivity index (χ1) is 10.1. The monoisotopic (exact) mass is 306 g/mol. The maximum Gasteiger partial charge on any atom is 0.201 e. The number of ether oxygens (including phenoxy) is 1. The second-order valence-electron chi connectivity index (χ2n) is 4.61. The molecule has 0 saturated carbocycles. The summed E-state index contributed by atoms with van der Waals surface area (Å²) in [5.41, 5.74) is 7.19. The van der Waals surface area contributed by atoms with E-state index in [4.69, 9.17) is 10.5 Å². The van der Waals surface area contributed by atoms with Gasteiger partial charge < -0.3 is 15.0 Å². The first kappa shape index (κ1) is 13.8. The SMILES string of the molecule is CCc1cnc(Cn2c(N)nc3cc(F)c(OC)cc32)s1. The number of aryl methyl sites for hydroxylation is 1. The Hall–Kier alpha value is -2.15. The molecule has 21 heavy (non-hydrogen) atoms. The number of hydrogen-bond acceptors (Lipinski definition) is 5. The number of thiazole rings is 1. The van der Waals surface area contributed by atoms with Crippen molar-refractivity contribution in [3.63, 3.8) is 0 Å². The molecule has 7 heteroatoms. The molecule has 3 rings (SSSR count). The average molecular weight is 306 g/mol. The molecule has 0 aliphatic rings. The van der Waals surface area contributed by atoms with Crippen molar-refractivity contribution in [3.05, 3.63) is 34.0 Å². The molecule has 0 spiro atoms. The van der Waals surface area contributed by atoms with Gasteiger partial charge in [0.25, 0.3) is 0 Å². The zero-order valence-corrected chi connectivity index (χ0v) is 12.6. The van der Waals surface area contributed by atoms with Gasteiger partial charge in [0.1, 0.15) is 5.01 Å². The predicted molar refractivity (Wildman–Crippen MR) is 81.2 cm³/mol. The van der Waals surface area contributed by atoms with Crippen molar-refractivity contribution < 1.29 is 9.13 Å². The summed E-state index contributed by atoms with van der Waals surface area (Å²) < 4.78 is 20.5. The van der Waals surface area contributed by atoms with E-state index in [-0.39, 0.29) is 5.75 Å². The molecule has 5 nitrogen and oxygen atoms in total. The summed E-state index contributed by atoms with van der Waals surface area (Å²) in [6.07, 6.45) is 2.83. The van der Waals surface area contributed by atoms with Crippen LogP contribution in [0.1, 0.15) is 16.8 Å². The summed E-state index contributed by atoms with van der Waals surface area (Å²) in [5, 5.41) is 0.946. The van der Waals surface area contributed by atoms with E-state index >= 15 is 0 Å². The van der Waals surface area contributed by atoms with E-state index in [9.17, 15) is 4.39 Å². The van der Waals surface area contributed by atoms with Crippen molar-refractivity contribution in [1.82, 2.24) is 14.5 Å². The van der Waals surface area contributed by atoms with Crippen LogP contribution in [0, 0.1) is 5.82 Å². The van der Waals surface area contributed by atoms with Crippen LogP contribution in [-0.2, 0) is 13.0 Å². The number of methoxy groups -OCH3 is 1. The Labute approximate surface area is 125 Å². The van der Waals surface area contributed by atoms with Gasteiger partial charge in [-0.3, -0.25) is 0 Å². The third-order valence-electron chi connectivity index (χ3n) is 3.29. The number of hydrogen-bond donors (Lipinski definition) is 1. The first-order valence-corrected chi connectivity index (χ1v) is 7.36. The number of benzene rings is 1. The van der Waals surface area contributed by atoms with Gasteiger partial charge in [0, 0.05) is 23.2 Å². The number of halogens is 1. The maximum absolute atomic E-state index is 13.7. The lowest BCUT2D eigenvalue weighted by molar-refractivity contribution is 0.387. The Morgan fingerprint density at radius 1 is 1.43 bits per heavy atom. The Bertz CT molecular complexity index is 796. The van der Waals surface area contributed by atoms with Crippen LogP contribution in [0.2, 0.25) is 0 Å². The molecule has 0 bridgehead atoms. The topological polar surface area (TPSA) is 66.0 Å². The van der Waals surface area contributed by atoms with Crippen LogP contribution in [0.5, 0.6) is 5.75 Å². The zero-order valence-electron chi connectivity index (χ0n) is 11.8. The van der Waals surface area contributed by atoms with E-state index in [0.29, 0.717) is 18.0 Å². The summed E-state index contributed by atoms with van der Waals surface area (Å²) in [6, 6.07) is 2.95. The smallest absolute Gasteiger partial charge is 0.201 e. The van der Waals surface area contributed by atoms with Crippen molar-refractivity contribution in [2.24, 2.45) is 0 Å². The van der Waals surface area contributed by atoms with E-state index in [0.717, 1.165) is 16.9 Å². The van der Waals surface area contributed by atoms with Crippen LogP contribution in [-0.4, -0.2) is 21.6 Å². The normalized spacial score (nSPS) is 11.2. The number of fused-ring (bicyclic) bond motifs is 1. The largest absolute Gasteiger partial charge is 0.494 e. The fraction of sp³-hybridized carbons (Fsp3) is 0.286. The number of anilines is 1. The summed E-state index contributed by atoms with van der Waals surface area (Å²) in [6.45, 7) is 2.60. The van der Waals surface area contributed by atoms with Gasteiger partial charge >= 0.3 is 0 Å². The van der Waals surface area contributed by atoms with Gasteiger partial charge in [-0.05, 0) is 6.42 Å². The van der Waals surface area contributed by atoms with Gasteiger partial charge in [-0.15, -0.1) is 11.3 Å². The highest BCUT2D eigenvalue weighted by atomic mass is 32.1. The van der Waals surface area contributed by atoms with Crippen molar-refractivity contribution in [2.75, 3.05) is 12.8 Å². The van der Waals surface area contributed by atoms with E-state index in [1.54, 1.807) is 17.4 Å². The van der Waals surface area contributed by atoms with Crippen molar-refractivity contribution >= 4 is 28.3 Å². The molecule has 0 unspecified atom stereocenters. The molecule has 110 valence electrons. The highest BCUT2D eigenvalue weighted by Gasteiger charge is 2.14. The van der Waals surface area contributed by atoms with Gasteiger partial charge in [-0.1, -0.05) is 6.92 Å². The Balaban J connectivity index is 2.06. The van der Waals surface area contributed by atoms with Crippen molar-refractivity contribution in [3.8, 4) is 5.75 Å². The minimum Gasteiger partial charge on any atom is -0.494 e. The van der Waals surface area contributed by atoms with Crippen LogP contribution >= 0.6 is 11.3 Å². The van der Waals surface area contributed by atoms with Crippen LogP contribution in [0.25, 0.3) is 11.0 Å². The van der Waals surface area contributed by atoms with Gasteiger partial charge in [0.05, 0.1) is 24.7 Å². The molecule has 2 N–H and O–H groups in total. The maximum atomic E-state index is 13.7. The molecular weight excluding hydrogens is 291 g/mol. The van der Waals surface area contributed by atoms with Gasteiger partial charge in [-0.2, -0.15) is 0 Å². The molecule has 0 aliphatic carbocycles. The molecular formula is C14H15FN4OS. The number of imidazole rings is 1. The zero-order chi connectivity index (χ0) is 15.0. The quantitative estimate of drug-likeness (QED) is 0.805. The van der Waals surface area contributed by atoms with Gasteiger partial charge in [0.15, 0.2) is 11.6 Å². The molecule has 0 aliphatic heterocycles. The number of nitrogens with two attached hydrogens (primary N) is 1. The highest BCUT2D eigenvalue weighted by Crippen LogP contribution is 2.27. The minimum atomic E-state index is -0.447. The van der Waals surface area contributed by atoms with E-state index in [1.807, 2.05) is 10.8 Å². The molecule has 2 heterocycles. The Kier molecular flexibility index (Phi) is 3.50. The molecule has 0 fully saturated rings. The van der Waals surface area contributed by atoms with E-state index < -0.39 is 5.82 Å². The average Bonchev–Trinajstić information content (AvgIpc) is 3.04. The van der Waals surface area contributed by atoms with Crippen molar-refractivity contribution in [1.29, 1.82) is 0 Å². The lowest BCUT2D eigenvalue weighted by atomic mass is 10.3. The molecule has 3 aromatic rings. The number of aromatic nitrogens is 3. The number of nitrogens with zero attached hydrogens (tertiary/aromatic N) is 3. The minimum absolute atomic E-state index is 0.178. The highest BCUT2D eigenvalue weighted by molar-refractivity contribution is 7.11. The summed E-state index contributed by atoms with van der Waals surface area (Å²) in [4.78, 5) is 9.79. The summed E-state index contributed by atoms with van der Waals surface area (Å²) in [5.74, 6) is 0.0695. The number of rotatable bonds is 4. The molecule has 0 atom stereocenters. The fourth-order valence-electron chi connectivity index (χ4n) is 2.19. The second-order valence-corrected chi connectivity index (χ2v) is 5.81. The number of nitrogen functional groups attached to an aromatic ring is 1. The van der Waals surface area contributed by atoms with E-state index in [2.05, 4.69) is 16.9 Å². The van der Waals surface area contributed by atoms with Crippen LogP contribution in [0.3, 0.4) is 0 Å². The van der Waals surface area contributed by atoms with Crippen LogP contribution < -0.4 is 10.5 Å². The first-order valence-electron chi connectivity index (χ1n) is 6.55. The Morgan fingerprint density at radius 3 is 2.90 bits per heavy atom. The molecule has 1 aromatic carbocycles. The summed E-state index contributed by atoms with van der Waals surface area (Å²) >= 11 is 1.64. The molecule has 0 saturated heterocycles. The van der Waals surface area contributed by atoms with Gasteiger partial charge in [-0.25, -0.2) is 14.4 Å². The summed E-state index contributed by atoms with van der Waals surface area (Å²) in [7, 11) is 1.43. The second kappa shape index (κ2) is 5.33. The lowest BCUT2D eigenvalue weighted by Gasteiger charge is -2.06. The van der Waals surface area contributed by atoms with E-state index in [1.165, 1.54) is 18.1 Å². The third-order valence-corrected chi connectivity index (χ3v) is 4.42. The standard InChI is InChI=1S/C14H15FN4OS/c1-3-8-6-17-13(21-8)7-19-11-5-12(20-2)9(15)4-10(11)18-14(19)16/h4-6H,3,7H2,1-2H3,(H2,16,18). The third kappa shape index (κ3) is 2.44. The molecule has 0 radical (unpaired) electrons. The lowest BCUT2D eigenvalue weighted by Crippen LogP contribution is -2.04. The molecule has 2 aromatic heterocycles. The predicted octanol–water partition coefficient (Wildman–Crippen LogP) is 2.83.